The predicted molar refractivity (Wildman–Crippen MR) is 177 cm³/mol. The number of anilines is 1. The lowest BCUT2D eigenvalue weighted by Gasteiger charge is -2.44. The minimum absolute atomic E-state index is 0. The Bertz CT molecular complexity index is 1290. The molecule has 260 valence electrons. The number of likely N-dealkylation sites (N-methyl/N-ethyl adjacent to an activating group) is 1. The first-order valence-electron chi connectivity index (χ1n) is 16.5. The third-order valence-electron chi connectivity index (χ3n) is 9.55. The van der Waals surface area contributed by atoms with Crippen molar-refractivity contribution >= 4 is 30.2 Å². The highest BCUT2D eigenvalue weighted by atomic mass is 35.5. The Morgan fingerprint density at radius 3 is 2.32 bits per heavy atom. The summed E-state index contributed by atoms with van der Waals surface area (Å²) in [6.07, 6.45) is 5.78. The van der Waals surface area contributed by atoms with Crippen molar-refractivity contribution < 1.29 is 37.3 Å². The Hall–Kier alpha value is -2.51. The monoisotopic (exact) mass is 679 g/mol. The predicted octanol–water partition coefficient (Wildman–Crippen LogP) is 4.33. The number of hydrogen-bond donors (Lipinski definition) is 1. The van der Waals surface area contributed by atoms with Gasteiger partial charge in [0.2, 0.25) is 11.5 Å². The second kappa shape index (κ2) is 18.3. The molecular formula is C35H48ClF2N3O6. The Morgan fingerprint density at radius 1 is 0.957 bits per heavy atom. The molecule has 2 unspecified atom stereocenters. The maximum atomic E-state index is 14.4. The largest absolute Gasteiger partial charge is 0.377 e. The number of nitrogens with one attached hydrogen (secondary N) is 1. The molecule has 1 saturated carbocycles. The molecule has 3 aliphatic rings. The molecular weight excluding hydrogens is 632 g/mol. The molecule has 5 rings (SSSR count). The van der Waals surface area contributed by atoms with Gasteiger partial charge in [0.15, 0.2) is 11.6 Å². The molecule has 2 aliphatic heterocycles. The number of Topliss-reactive ketones (excluding diaryl/α,β-unsaturated/α-hetero) is 1. The number of benzene rings is 2. The van der Waals surface area contributed by atoms with E-state index in [0.717, 1.165) is 56.2 Å². The molecule has 12 heteroatoms. The van der Waals surface area contributed by atoms with Crippen LogP contribution in [0.15, 0.2) is 42.5 Å². The molecule has 1 N–H and O–H groups in total. The van der Waals surface area contributed by atoms with Gasteiger partial charge in [0.1, 0.15) is 6.29 Å². The second-order valence-corrected chi connectivity index (χ2v) is 12.5. The Kier molecular flexibility index (Phi) is 14.5. The van der Waals surface area contributed by atoms with Crippen molar-refractivity contribution in [3.8, 4) is 0 Å². The first-order valence-corrected chi connectivity index (χ1v) is 16.5. The van der Waals surface area contributed by atoms with Crippen molar-refractivity contribution in [2.75, 3.05) is 71.2 Å². The van der Waals surface area contributed by atoms with Crippen molar-refractivity contribution in [2.24, 2.45) is 5.92 Å². The molecule has 1 saturated heterocycles. The van der Waals surface area contributed by atoms with E-state index in [0.29, 0.717) is 75.8 Å². The van der Waals surface area contributed by atoms with E-state index in [1.807, 2.05) is 30.3 Å². The van der Waals surface area contributed by atoms with Crippen molar-refractivity contribution in [3.05, 3.63) is 65.2 Å². The average molecular weight is 680 g/mol. The van der Waals surface area contributed by atoms with E-state index < -0.39 is 23.4 Å². The lowest BCUT2D eigenvalue weighted by Crippen LogP contribution is -2.65. The van der Waals surface area contributed by atoms with Gasteiger partial charge in [0.05, 0.1) is 52.3 Å². The van der Waals surface area contributed by atoms with Gasteiger partial charge in [-0.2, -0.15) is 0 Å². The summed E-state index contributed by atoms with van der Waals surface area (Å²) in [5.74, 6) is -1.62. The van der Waals surface area contributed by atoms with Gasteiger partial charge in [-0.05, 0) is 48.8 Å². The molecule has 2 atom stereocenters. The smallest absolute Gasteiger partial charge is 0.206 e. The molecule has 0 aromatic heterocycles. The first-order chi connectivity index (χ1) is 22.4. The summed E-state index contributed by atoms with van der Waals surface area (Å²) in [6, 6.07) is 12.1. The number of ether oxygens (including phenoxy) is 4. The quantitative estimate of drug-likeness (QED) is 0.194. The Balaban J connectivity index is 0.00000500. The molecule has 0 bridgehead atoms. The van der Waals surface area contributed by atoms with Crippen LogP contribution in [0, 0.1) is 17.6 Å². The minimum atomic E-state index is -1.43. The molecule has 9 nitrogen and oxygen atoms in total. The number of nitrogens with zero attached hydrogens (tertiary/aromatic N) is 2. The maximum Gasteiger partial charge on any atom is 0.206 e. The molecule has 2 fully saturated rings. The van der Waals surface area contributed by atoms with Gasteiger partial charge >= 0.3 is 0 Å². The van der Waals surface area contributed by atoms with Crippen molar-refractivity contribution in [3.63, 3.8) is 0 Å². The van der Waals surface area contributed by atoms with Crippen molar-refractivity contribution in [1.82, 2.24) is 10.2 Å². The van der Waals surface area contributed by atoms with Crippen LogP contribution in [0.5, 0.6) is 0 Å². The third-order valence-corrected chi connectivity index (χ3v) is 9.55. The Labute approximate surface area is 282 Å². The SMILES string of the molecule is CN1c2cc(F)c(F)cc2CC1(OCCOCCOCCOCc1ccccc1)C(=O)C1CN(C2CCC(CC=O)CC2)CCN1.Cl. The highest BCUT2D eigenvalue weighted by Crippen LogP contribution is 2.41. The minimum Gasteiger partial charge on any atom is -0.377 e. The standard InChI is InChI=1S/C35H47F2N3O6.ClH/c1-39-33-22-31(37)30(36)21-28(33)23-35(39,46-20-19-44-16-15-43-17-18-45-25-27-5-3-2-4-6-27)34(42)32-24-40(13-12-38-32)29-9-7-26(8-10-29)11-14-41;/h2-6,14,21-22,26,29,32,38H,7-13,15-20,23-25H2,1H3;1H. The number of aldehydes is 1. The van der Waals surface area contributed by atoms with Crippen molar-refractivity contribution in [2.45, 2.75) is 62.9 Å². The van der Waals surface area contributed by atoms with Crippen LogP contribution in [0.2, 0.25) is 0 Å². The zero-order valence-electron chi connectivity index (χ0n) is 27.2. The third kappa shape index (κ3) is 9.56. The normalized spacial score (nSPS) is 24.5. The topological polar surface area (TPSA) is 89.6 Å². The van der Waals surface area contributed by atoms with E-state index in [2.05, 4.69) is 10.2 Å². The van der Waals surface area contributed by atoms with Crippen LogP contribution in [-0.2, 0) is 41.6 Å². The van der Waals surface area contributed by atoms with E-state index in [9.17, 15) is 18.4 Å². The van der Waals surface area contributed by atoms with Crippen molar-refractivity contribution in [1.29, 1.82) is 0 Å². The lowest BCUT2D eigenvalue weighted by atomic mass is 9.83. The number of fused-ring (bicyclic) bond motifs is 1. The zero-order valence-corrected chi connectivity index (χ0v) is 28.0. The van der Waals surface area contributed by atoms with Crippen LogP contribution >= 0.6 is 12.4 Å². The Morgan fingerprint density at radius 2 is 1.62 bits per heavy atom. The van der Waals surface area contributed by atoms with Gasteiger partial charge in [-0.25, -0.2) is 8.78 Å². The van der Waals surface area contributed by atoms with Crippen LogP contribution in [0.3, 0.4) is 0 Å². The summed E-state index contributed by atoms with van der Waals surface area (Å²) in [5, 5.41) is 3.39. The molecule has 2 heterocycles. The fourth-order valence-corrected chi connectivity index (χ4v) is 6.98. The molecule has 0 amide bonds. The van der Waals surface area contributed by atoms with Gasteiger partial charge in [-0.15, -0.1) is 12.4 Å². The zero-order chi connectivity index (χ0) is 32.4. The summed E-state index contributed by atoms with van der Waals surface area (Å²) < 4.78 is 51.8. The molecule has 47 heavy (non-hydrogen) atoms. The van der Waals surface area contributed by atoms with Gasteiger partial charge < -0.3 is 34.0 Å². The van der Waals surface area contributed by atoms with E-state index >= 15 is 0 Å². The lowest BCUT2D eigenvalue weighted by molar-refractivity contribution is -0.149. The number of piperazine rings is 1. The van der Waals surface area contributed by atoms with Crippen LogP contribution in [0.4, 0.5) is 14.5 Å². The van der Waals surface area contributed by atoms with E-state index in [4.69, 9.17) is 18.9 Å². The summed E-state index contributed by atoms with van der Waals surface area (Å²) in [7, 11) is 1.70. The van der Waals surface area contributed by atoms with Gasteiger partial charge in [0.25, 0.3) is 0 Å². The molecule has 2 aromatic rings. The number of carbonyl (C=O) groups excluding carboxylic acids is 2. The maximum absolute atomic E-state index is 14.4. The fourth-order valence-electron chi connectivity index (χ4n) is 6.98. The first kappa shape index (κ1) is 37.3. The highest BCUT2D eigenvalue weighted by molar-refractivity contribution is 5.97. The number of carbonyl (C=O) groups is 2. The van der Waals surface area contributed by atoms with Crippen LogP contribution in [0.1, 0.15) is 43.2 Å². The van der Waals surface area contributed by atoms with E-state index in [1.165, 1.54) is 0 Å². The van der Waals surface area contributed by atoms with Gasteiger partial charge in [-0.3, -0.25) is 9.69 Å². The van der Waals surface area contributed by atoms with E-state index in [1.54, 1.807) is 11.9 Å². The average Bonchev–Trinajstić information content (AvgIpc) is 3.35. The van der Waals surface area contributed by atoms with Gasteiger partial charge in [0, 0.05) is 57.3 Å². The molecule has 2 aromatic carbocycles. The number of ketones is 1. The van der Waals surface area contributed by atoms with Crippen LogP contribution in [0.25, 0.3) is 0 Å². The highest BCUT2D eigenvalue weighted by Gasteiger charge is 2.52. The molecule has 0 radical (unpaired) electrons. The van der Waals surface area contributed by atoms with Crippen LogP contribution < -0.4 is 10.2 Å². The summed E-state index contributed by atoms with van der Waals surface area (Å²) >= 11 is 0. The summed E-state index contributed by atoms with van der Waals surface area (Å²) in [5.41, 5.74) is 0.650. The number of rotatable bonds is 17. The number of halogens is 3. The summed E-state index contributed by atoms with van der Waals surface area (Å²) in [6.45, 7) is 4.57. The van der Waals surface area contributed by atoms with Gasteiger partial charge in [-0.1, -0.05) is 30.3 Å². The van der Waals surface area contributed by atoms with E-state index in [-0.39, 0.29) is 37.8 Å². The summed E-state index contributed by atoms with van der Waals surface area (Å²) in [4.78, 5) is 29.4. The number of hydrogen-bond acceptors (Lipinski definition) is 9. The fraction of sp³-hybridized carbons (Fsp3) is 0.600. The molecule has 1 aliphatic carbocycles. The second-order valence-electron chi connectivity index (χ2n) is 12.5. The molecule has 0 spiro atoms. The van der Waals surface area contributed by atoms with Crippen LogP contribution in [-0.4, -0.2) is 101 Å².